The molecule has 0 fully saturated rings. The molecule has 1 rings (SSSR count). The Morgan fingerprint density at radius 3 is 2.45 bits per heavy atom. The number of rotatable bonds is 8. The largest absolute Gasteiger partial charge is 0.494 e. The van der Waals surface area contributed by atoms with Gasteiger partial charge in [-0.1, -0.05) is 0 Å². The molecule has 0 aliphatic rings. The minimum Gasteiger partial charge on any atom is -0.494 e. The molecule has 0 atom stereocenters. The molecule has 7 nitrogen and oxygen atoms in total. The summed E-state index contributed by atoms with van der Waals surface area (Å²) in [6.45, 7) is 1.13. The van der Waals surface area contributed by atoms with Crippen molar-refractivity contribution >= 4 is 11.8 Å². The number of carbonyl (C=O) groups excluding carboxylic acids is 2. The fourth-order valence-electron chi connectivity index (χ4n) is 1.72. The quantitative estimate of drug-likeness (QED) is 0.615. The Bertz CT molecular complexity index is 436. The van der Waals surface area contributed by atoms with Gasteiger partial charge in [0.25, 0.3) is 0 Å². The third kappa shape index (κ3) is 4.93. The smallest absolute Gasteiger partial charge is 0.236 e. The van der Waals surface area contributed by atoms with Crippen LogP contribution in [0.1, 0.15) is 30.5 Å². The van der Waals surface area contributed by atoms with Crippen molar-refractivity contribution in [3.05, 3.63) is 12.1 Å². The van der Waals surface area contributed by atoms with Crippen molar-refractivity contribution in [2.75, 3.05) is 20.3 Å². The van der Waals surface area contributed by atoms with Gasteiger partial charge in [0.15, 0.2) is 0 Å². The number of methoxy groups -OCH3 is 1. The van der Waals surface area contributed by atoms with Gasteiger partial charge in [0.05, 0.1) is 0 Å². The van der Waals surface area contributed by atoms with E-state index in [4.69, 9.17) is 4.74 Å². The summed E-state index contributed by atoms with van der Waals surface area (Å²) in [7, 11) is 1.60. The number of nitrogens with zero attached hydrogens (tertiary/aromatic N) is 1. The lowest BCUT2D eigenvalue weighted by Gasteiger charge is -2.06. The molecule has 3 N–H and O–H groups in total. The molecule has 1 aromatic rings. The Hall–Kier alpha value is -2.02. The number of amides is 1. The predicted octanol–water partition coefficient (Wildman–Crippen LogP) is 0.862. The van der Waals surface area contributed by atoms with Crippen LogP contribution in [0.3, 0.4) is 0 Å². The summed E-state index contributed by atoms with van der Waals surface area (Å²) in [5, 5.41) is 21.4. The highest BCUT2D eigenvalue weighted by atomic mass is 16.5. The van der Waals surface area contributed by atoms with Crippen LogP contribution in [0, 0.1) is 0 Å². The average molecular weight is 284 g/mol. The van der Waals surface area contributed by atoms with Gasteiger partial charge < -0.3 is 20.3 Å². The van der Waals surface area contributed by atoms with Gasteiger partial charge >= 0.3 is 0 Å². The normalized spacial score (nSPS) is 10.4. The van der Waals surface area contributed by atoms with Crippen molar-refractivity contribution in [2.45, 2.75) is 25.7 Å². The number of hydrogen-bond donors (Lipinski definition) is 3. The second-order valence-corrected chi connectivity index (χ2v) is 4.33. The highest BCUT2D eigenvalue weighted by Crippen LogP contribution is 2.21. The summed E-state index contributed by atoms with van der Waals surface area (Å²) in [5.41, 5.74) is 0. The molecular formula is C13H20N2O5. The summed E-state index contributed by atoms with van der Waals surface area (Å²) < 4.78 is 5.67. The van der Waals surface area contributed by atoms with Crippen LogP contribution >= 0.6 is 0 Å². The zero-order valence-electron chi connectivity index (χ0n) is 11.5. The van der Waals surface area contributed by atoms with Crippen molar-refractivity contribution < 1.29 is 24.5 Å². The number of aromatic hydroxyl groups is 2. The van der Waals surface area contributed by atoms with Crippen LogP contribution in [-0.4, -0.2) is 46.9 Å². The Balaban J connectivity index is 2.24. The Labute approximate surface area is 117 Å². The highest BCUT2D eigenvalue weighted by Gasteiger charge is 2.14. The Kier molecular flexibility index (Phi) is 6.58. The van der Waals surface area contributed by atoms with E-state index in [2.05, 4.69) is 5.32 Å². The third-order valence-corrected chi connectivity index (χ3v) is 2.73. The molecule has 0 unspecified atom stereocenters. The molecule has 0 saturated heterocycles. The van der Waals surface area contributed by atoms with Gasteiger partial charge in [-0.25, -0.2) is 4.57 Å². The number of nitrogens with one attached hydrogen (secondary N) is 1. The first-order valence-electron chi connectivity index (χ1n) is 6.44. The van der Waals surface area contributed by atoms with Crippen LogP contribution < -0.4 is 5.32 Å². The minimum atomic E-state index is -0.447. The molecule has 0 saturated carbocycles. The van der Waals surface area contributed by atoms with E-state index in [9.17, 15) is 19.8 Å². The minimum absolute atomic E-state index is 0.0707. The van der Waals surface area contributed by atoms with Gasteiger partial charge in [0.2, 0.25) is 23.6 Å². The molecule has 0 radical (unpaired) electrons. The van der Waals surface area contributed by atoms with Crippen LogP contribution in [0.2, 0.25) is 0 Å². The summed E-state index contributed by atoms with van der Waals surface area (Å²) in [4.78, 5) is 23.2. The van der Waals surface area contributed by atoms with Crippen molar-refractivity contribution in [3.8, 4) is 11.8 Å². The summed E-state index contributed by atoms with van der Waals surface area (Å²) >= 11 is 0. The number of aromatic nitrogens is 1. The van der Waals surface area contributed by atoms with Crippen molar-refractivity contribution in [1.29, 1.82) is 0 Å². The first-order valence-corrected chi connectivity index (χ1v) is 6.44. The van der Waals surface area contributed by atoms with E-state index in [-0.39, 0.29) is 30.5 Å². The van der Waals surface area contributed by atoms with Crippen LogP contribution in [0.25, 0.3) is 0 Å². The molecule has 7 heteroatoms. The van der Waals surface area contributed by atoms with Crippen LogP contribution in [0.15, 0.2) is 12.1 Å². The second kappa shape index (κ2) is 8.21. The first kappa shape index (κ1) is 16.0. The zero-order chi connectivity index (χ0) is 15.0. The van der Waals surface area contributed by atoms with Gasteiger partial charge in [-0.05, 0) is 12.8 Å². The number of hydrogen-bond acceptors (Lipinski definition) is 5. The number of carbonyl (C=O) groups is 2. The molecule has 0 bridgehead atoms. The van der Waals surface area contributed by atoms with Gasteiger partial charge in [-0.2, -0.15) is 0 Å². The highest BCUT2D eigenvalue weighted by molar-refractivity contribution is 5.83. The molecular weight excluding hydrogens is 264 g/mol. The van der Waals surface area contributed by atoms with Gasteiger partial charge in [0.1, 0.15) is 0 Å². The maximum atomic E-state index is 11.7. The topological polar surface area (TPSA) is 101 Å². The monoisotopic (exact) mass is 284 g/mol. The van der Waals surface area contributed by atoms with Crippen LogP contribution in [0.5, 0.6) is 11.8 Å². The first-order chi connectivity index (χ1) is 9.56. The maximum Gasteiger partial charge on any atom is 0.236 e. The van der Waals surface area contributed by atoms with E-state index < -0.39 is 5.91 Å². The lowest BCUT2D eigenvalue weighted by Crippen LogP contribution is -2.25. The van der Waals surface area contributed by atoms with Crippen molar-refractivity contribution in [3.63, 3.8) is 0 Å². The average Bonchev–Trinajstić information content (AvgIpc) is 2.74. The second-order valence-electron chi connectivity index (χ2n) is 4.33. The van der Waals surface area contributed by atoms with E-state index in [1.807, 2.05) is 0 Å². The molecule has 0 aliphatic carbocycles. The number of ether oxygens (including phenoxy) is 1. The van der Waals surface area contributed by atoms with Gasteiger partial charge in [-0.15, -0.1) is 0 Å². The molecule has 1 heterocycles. The van der Waals surface area contributed by atoms with E-state index in [0.29, 0.717) is 19.6 Å². The summed E-state index contributed by atoms with van der Waals surface area (Å²) in [6, 6.07) is 2.46. The fraction of sp³-hybridized carbons (Fsp3) is 0.538. The van der Waals surface area contributed by atoms with Crippen molar-refractivity contribution in [1.82, 2.24) is 9.88 Å². The fourth-order valence-corrected chi connectivity index (χ4v) is 1.72. The van der Waals surface area contributed by atoms with E-state index in [1.165, 1.54) is 12.1 Å². The lowest BCUT2D eigenvalue weighted by molar-refractivity contribution is -0.121. The summed E-state index contributed by atoms with van der Waals surface area (Å²) in [6.07, 6.45) is 1.39. The van der Waals surface area contributed by atoms with Gasteiger partial charge in [-0.3, -0.25) is 9.59 Å². The van der Waals surface area contributed by atoms with Gasteiger partial charge in [0, 0.05) is 45.2 Å². The maximum absolute atomic E-state index is 11.7. The third-order valence-electron chi connectivity index (χ3n) is 2.73. The Morgan fingerprint density at radius 1 is 1.20 bits per heavy atom. The molecule has 1 aromatic heterocycles. The Morgan fingerprint density at radius 2 is 1.85 bits per heavy atom. The van der Waals surface area contributed by atoms with Crippen LogP contribution in [0.4, 0.5) is 0 Å². The predicted molar refractivity (Wildman–Crippen MR) is 71.7 cm³/mol. The van der Waals surface area contributed by atoms with Crippen LogP contribution in [-0.2, 0) is 9.53 Å². The van der Waals surface area contributed by atoms with E-state index in [1.54, 1.807) is 7.11 Å². The van der Waals surface area contributed by atoms with E-state index >= 15 is 0 Å². The lowest BCUT2D eigenvalue weighted by atomic mass is 10.2. The molecule has 0 spiro atoms. The molecule has 1 amide bonds. The van der Waals surface area contributed by atoms with Crippen molar-refractivity contribution in [2.24, 2.45) is 0 Å². The van der Waals surface area contributed by atoms with E-state index in [0.717, 1.165) is 11.0 Å². The SMILES string of the molecule is COCCCNC(=O)CCCC(=O)n1c(O)ccc1O. The molecule has 0 aliphatic heterocycles. The molecule has 112 valence electrons. The molecule has 20 heavy (non-hydrogen) atoms. The summed E-state index contributed by atoms with van der Waals surface area (Å²) in [5.74, 6) is -1.19. The molecule has 0 aromatic carbocycles. The zero-order valence-corrected chi connectivity index (χ0v) is 11.5. The standard InChI is InChI=1S/C13H20N2O5/c1-20-9-3-8-14-10(16)4-2-5-11(17)15-12(18)6-7-13(15)19/h6-7,18-19H,2-5,8-9H2,1H3,(H,14,16).